The molecule has 0 aliphatic rings. The van der Waals surface area contributed by atoms with Gasteiger partial charge in [-0.15, -0.1) is 0 Å². The van der Waals surface area contributed by atoms with Crippen molar-refractivity contribution in [3.05, 3.63) is 69.6 Å². The number of nitrogens with zero attached hydrogens (tertiary/aromatic N) is 3. The molecule has 1 heterocycles. The summed E-state index contributed by atoms with van der Waals surface area (Å²) in [5.41, 5.74) is 1.74. The molecule has 2 rings (SSSR count). The molecular formula is C18H19N3O2. The third kappa shape index (κ3) is 4.07. The molecule has 1 aromatic carbocycles. The van der Waals surface area contributed by atoms with Crippen LogP contribution in [0.15, 0.2) is 47.4 Å². The van der Waals surface area contributed by atoms with Crippen molar-refractivity contribution in [1.82, 2.24) is 9.47 Å². The molecule has 1 amide bonds. The summed E-state index contributed by atoms with van der Waals surface area (Å²) in [5, 5.41) is 8.83. The van der Waals surface area contributed by atoms with E-state index >= 15 is 0 Å². The highest BCUT2D eigenvalue weighted by atomic mass is 16.2. The van der Waals surface area contributed by atoms with Crippen molar-refractivity contribution in [2.45, 2.75) is 19.9 Å². The summed E-state index contributed by atoms with van der Waals surface area (Å²) in [7, 11) is 1.65. The van der Waals surface area contributed by atoms with E-state index in [0.717, 1.165) is 12.0 Å². The highest BCUT2D eigenvalue weighted by Gasteiger charge is 2.16. The number of rotatable bonds is 5. The molecule has 2 aromatic rings. The number of amides is 1. The highest BCUT2D eigenvalue weighted by Crippen LogP contribution is 2.11. The van der Waals surface area contributed by atoms with Gasteiger partial charge in [-0.2, -0.15) is 5.26 Å². The molecule has 23 heavy (non-hydrogen) atoms. The second-order valence-corrected chi connectivity index (χ2v) is 5.40. The summed E-state index contributed by atoms with van der Waals surface area (Å²) < 4.78 is 1.43. The fourth-order valence-corrected chi connectivity index (χ4v) is 2.29. The lowest BCUT2D eigenvalue weighted by Gasteiger charge is -2.22. The molecule has 5 nitrogen and oxygen atoms in total. The van der Waals surface area contributed by atoms with Gasteiger partial charge in [-0.05, 0) is 30.2 Å². The van der Waals surface area contributed by atoms with Crippen molar-refractivity contribution >= 4 is 5.91 Å². The van der Waals surface area contributed by atoms with Crippen LogP contribution in [-0.2, 0) is 13.6 Å². The Morgan fingerprint density at radius 1 is 1.26 bits per heavy atom. The molecule has 0 atom stereocenters. The van der Waals surface area contributed by atoms with Gasteiger partial charge in [0.05, 0.1) is 11.6 Å². The van der Waals surface area contributed by atoms with Gasteiger partial charge < -0.3 is 9.47 Å². The van der Waals surface area contributed by atoms with Crippen LogP contribution in [-0.4, -0.2) is 21.9 Å². The highest BCUT2D eigenvalue weighted by molar-refractivity contribution is 5.94. The van der Waals surface area contributed by atoms with E-state index in [1.54, 1.807) is 36.3 Å². The van der Waals surface area contributed by atoms with Crippen LogP contribution in [0.4, 0.5) is 0 Å². The van der Waals surface area contributed by atoms with E-state index in [-0.39, 0.29) is 11.5 Å². The summed E-state index contributed by atoms with van der Waals surface area (Å²) >= 11 is 0. The van der Waals surface area contributed by atoms with Gasteiger partial charge >= 0.3 is 0 Å². The van der Waals surface area contributed by atoms with Gasteiger partial charge in [-0.1, -0.05) is 19.1 Å². The molecule has 1 aromatic heterocycles. The number of carbonyl (C=O) groups excluding carboxylic acids is 1. The maximum absolute atomic E-state index is 12.7. The van der Waals surface area contributed by atoms with Crippen LogP contribution in [0.1, 0.15) is 34.8 Å². The number of benzene rings is 1. The summed E-state index contributed by atoms with van der Waals surface area (Å²) in [6.45, 7) is 3.06. The number of aryl methyl sites for hydroxylation is 1. The zero-order chi connectivity index (χ0) is 16.8. The fraction of sp³-hybridized carbons (Fsp3) is 0.278. The molecule has 0 saturated heterocycles. The van der Waals surface area contributed by atoms with Gasteiger partial charge in [-0.3, -0.25) is 9.59 Å². The van der Waals surface area contributed by atoms with Crippen LogP contribution >= 0.6 is 0 Å². The lowest BCUT2D eigenvalue weighted by atomic mass is 10.1. The monoisotopic (exact) mass is 309 g/mol. The number of hydrogen-bond donors (Lipinski definition) is 0. The molecule has 0 radical (unpaired) electrons. The van der Waals surface area contributed by atoms with Crippen LogP contribution in [0.2, 0.25) is 0 Å². The number of carbonyl (C=O) groups is 1. The summed E-state index contributed by atoms with van der Waals surface area (Å²) in [5.74, 6) is -0.158. The van der Waals surface area contributed by atoms with Gasteiger partial charge in [0.1, 0.15) is 0 Å². The Labute approximate surface area is 135 Å². The van der Waals surface area contributed by atoms with Crippen molar-refractivity contribution in [2.75, 3.05) is 6.54 Å². The van der Waals surface area contributed by atoms with E-state index < -0.39 is 0 Å². The molecule has 5 heteroatoms. The lowest BCUT2D eigenvalue weighted by molar-refractivity contribution is 0.0743. The van der Waals surface area contributed by atoms with Crippen molar-refractivity contribution in [3.8, 4) is 6.07 Å². The Morgan fingerprint density at radius 2 is 1.96 bits per heavy atom. The first-order valence-electron chi connectivity index (χ1n) is 7.50. The average molecular weight is 309 g/mol. The maximum Gasteiger partial charge on any atom is 0.254 e. The summed E-state index contributed by atoms with van der Waals surface area (Å²) in [6.07, 6.45) is 2.42. The number of aromatic nitrogens is 1. The Bertz CT molecular complexity index is 785. The molecule has 0 fully saturated rings. The van der Waals surface area contributed by atoms with Gasteiger partial charge in [0.15, 0.2) is 0 Å². The van der Waals surface area contributed by atoms with Crippen molar-refractivity contribution in [1.29, 1.82) is 5.26 Å². The molecule has 0 saturated carbocycles. The number of pyridine rings is 1. The molecule has 0 unspecified atom stereocenters. The standard InChI is InChI=1S/C18H19N3O2/c1-3-9-21(13-15-6-4-14(12-19)5-7-15)18(23)16-8-10-20(2)17(22)11-16/h4-8,10-11H,3,9,13H2,1-2H3. The predicted molar refractivity (Wildman–Crippen MR) is 87.9 cm³/mol. The minimum Gasteiger partial charge on any atom is -0.334 e. The summed E-state index contributed by atoms with van der Waals surface area (Å²) in [4.78, 5) is 26.1. The molecule has 0 N–H and O–H groups in total. The molecular weight excluding hydrogens is 290 g/mol. The molecule has 0 spiro atoms. The molecule has 118 valence electrons. The average Bonchev–Trinajstić information content (AvgIpc) is 2.57. The zero-order valence-electron chi connectivity index (χ0n) is 13.3. The Balaban J connectivity index is 2.22. The third-order valence-electron chi connectivity index (χ3n) is 3.59. The number of nitriles is 1. The van der Waals surface area contributed by atoms with Gasteiger partial charge in [0.2, 0.25) is 0 Å². The molecule has 0 bridgehead atoms. The van der Waals surface area contributed by atoms with E-state index in [4.69, 9.17) is 5.26 Å². The van der Waals surface area contributed by atoms with Crippen LogP contribution in [0, 0.1) is 11.3 Å². The Hall–Kier alpha value is -2.87. The number of hydrogen-bond acceptors (Lipinski definition) is 3. The quantitative estimate of drug-likeness (QED) is 0.851. The first-order valence-corrected chi connectivity index (χ1v) is 7.50. The minimum absolute atomic E-state index is 0.158. The topological polar surface area (TPSA) is 66.1 Å². The van der Waals surface area contributed by atoms with E-state index in [0.29, 0.717) is 24.2 Å². The normalized spacial score (nSPS) is 10.1. The molecule has 0 aliphatic heterocycles. The predicted octanol–water partition coefficient (Wildman–Crippen LogP) is 2.31. The van der Waals surface area contributed by atoms with Gasteiger partial charge in [-0.25, -0.2) is 0 Å². The van der Waals surface area contributed by atoms with Crippen LogP contribution in [0.3, 0.4) is 0 Å². The van der Waals surface area contributed by atoms with E-state index in [9.17, 15) is 9.59 Å². The van der Waals surface area contributed by atoms with Crippen LogP contribution < -0.4 is 5.56 Å². The SMILES string of the molecule is CCCN(Cc1ccc(C#N)cc1)C(=O)c1ccn(C)c(=O)c1. The van der Waals surface area contributed by atoms with Crippen LogP contribution in [0.5, 0.6) is 0 Å². The summed E-state index contributed by atoms with van der Waals surface area (Å²) in [6, 6.07) is 12.3. The second-order valence-electron chi connectivity index (χ2n) is 5.40. The van der Waals surface area contributed by atoms with Crippen LogP contribution in [0.25, 0.3) is 0 Å². The molecule has 0 aliphatic carbocycles. The minimum atomic E-state index is -0.203. The smallest absolute Gasteiger partial charge is 0.254 e. The Kier molecular flexibility index (Phi) is 5.32. The first-order chi connectivity index (χ1) is 11.0. The fourth-order valence-electron chi connectivity index (χ4n) is 2.29. The van der Waals surface area contributed by atoms with Crippen molar-refractivity contribution < 1.29 is 4.79 Å². The first kappa shape index (κ1) is 16.5. The largest absolute Gasteiger partial charge is 0.334 e. The van der Waals surface area contributed by atoms with E-state index in [1.165, 1.54) is 10.6 Å². The third-order valence-corrected chi connectivity index (χ3v) is 3.59. The van der Waals surface area contributed by atoms with E-state index in [2.05, 4.69) is 6.07 Å². The van der Waals surface area contributed by atoms with E-state index in [1.807, 2.05) is 19.1 Å². The second kappa shape index (κ2) is 7.41. The maximum atomic E-state index is 12.7. The van der Waals surface area contributed by atoms with Gasteiger partial charge in [0, 0.05) is 38.0 Å². The Morgan fingerprint density at radius 3 is 2.52 bits per heavy atom. The van der Waals surface area contributed by atoms with Crippen molar-refractivity contribution in [3.63, 3.8) is 0 Å². The van der Waals surface area contributed by atoms with Gasteiger partial charge in [0.25, 0.3) is 11.5 Å². The zero-order valence-corrected chi connectivity index (χ0v) is 13.3. The lowest BCUT2D eigenvalue weighted by Crippen LogP contribution is -2.32. The van der Waals surface area contributed by atoms with Crippen molar-refractivity contribution in [2.24, 2.45) is 7.05 Å².